The molecule has 0 aliphatic rings. The molecule has 19 heavy (non-hydrogen) atoms. The van der Waals surface area contributed by atoms with E-state index in [0.717, 1.165) is 44.6 Å². The molecule has 3 N–H and O–H groups in total. The minimum Gasteiger partial charge on any atom is -0.399 e. The summed E-state index contributed by atoms with van der Waals surface area (Å²) in [5.74, 6) is 0. The van der Waals surface area contributed by atoms with Crippen molar-refractivity contribution in [2.24, 2.45) is 5.41 Å². The number of hydrogen-bond acceptors (Lipinski definition) is 3. The van der Waals surface area contributed by atoms with E-state index in [2.05, 4.69) is 31.3 Å². The van der Waals surface area contributed by atoms with Crippen molar-refractivity contribution >= 4 is 5.69 Å². The van der Waals surface area contributed by atoms with Gasteiger partial charge >= 0.3 is 0 Å². The Morgan fingerprint density at radius 3 is 2.79 bits per heavy atom. The molecule has 0 spiro atoms. The van der Waals surface area contributed by atoms with Crippen LogP contribution >= 0.6 is 0 Å². The van der Waals surface area contributed by atoms with Gasteiger partial charge in [0.15, 0.2) is 0 Å². The largest absolute Gasteiger partial charge is 0.399 e. The normalized spacial score (nSPS) is 11.7. The molecule has 1 aromatic carbocycles. The maximum absolute atomic E-state index is 5.77. The first-order valence-electron chi connectivity index (χ1n) is 7.07. The fourth-order valence-corrected chi connectivity index (χ4v) is 2.06. The van der Waals surface area contributed by atoms with Crippen molar-refractivity contribution in [3.63, 3.8) is 0 Å². The van der Waals surface area contributed by atoms with Gasteiger partial charge in [-0.1, -0.05) is 26.0 Å². The Morgan fingerprint density at radius 1 is 1.32 bits per heavy atom. The second kappa shape index (κ2) is 8.18. The summed E-state index contributed by atoms with van der Waals surface area (Å²) in [5, 5.41) is 3.53. The van der Waals surface area contributed by atoms with E-state index in [0.29, 0.717) is 5.41 Å². The van der Waals surface area contributed by atoms with Crippen LogP contribution in [0.2, 0.25) is 0 Å². The number of ether oxygens (including phenoxy) is 1. The zero-order valence-corrected chi connectivity index (χ0v) is 12.5. The van der Waals surface area contributed by atoms with Crippen molar-refractivity contribution in [2.45, 2.75) is 33.1 Å². The molecule has 0 unspecified atom stereocenters. The topological polar surface area (TPSA) is 47.3 Å². The average molecular weight is 264 g/mol. The number of nitrogens with two attached hydrogens (primary N) is 1. The van der Waals surface area contributed by atoms with Gasteiger partial charge in [-0.05, 0) is 48.9 Å². The SMILES string of the molecule is COCCC(C)(C)CNCCCc1cccc(N)c1. The predicted octanol–water partition coefficient (Wildman–Crippen LogP) is 2.85. The highest BCUT2D eigenvalue weighted by Crippen LogP contribution is 2.18. The lowest BCUT2D eigenvalue weighted by Crippen LogP contribution is -2.31. The van der Waals surface area contributed by atoms with E-state index in [1.165, 1.54) is 5.56 Å². The van der Waals surface area contributed by atoms with Crippen LogP contribution in [0.1, 0.15) is 32.3 Å². The van der Waals surface area contributed by atoms with E-state index in [1.54, 1.807) is 7.11 Å². The first-order chi connectivity index (χ1) is 9.03. The van der Waals surface area contributed by atoms with Gasteiger partial charge in [0.25, 0.3) is 0 Å². The van der Waals surface area contributed by atoms with Crippen molar-refractivity contribution in [3.05, 3.63) is 29.8 Å². The van der Waals surface area contributed by atoms with E-state index >= 15 is 0 Å². The zero-order chi connectivity index (χ0) is 14.1. The number of aryl methyl sites for hydroxylation is 1. The van der Waals surface area contributed by atoms with Gasteiger partial charge in [-0.2, -0.15) is 0 Å². The fraction of sp³-hybridized carbons (Fsp3) is 0.625. The smallest absolute Gasteiger partial charge is 0.0467 e. The number of nitrogens with one attached hydrogen (secondary N) is 1. The molecule has 0 aliphatic heterocycles. The lowest BCUT2D eigenvalue weighted by atomic mass is 9.89. The van der Waals surface area contributed by atoms with E-state index in [-0.39, 0.29) is 0 Å². The first-order valence-corrected chi connectivity index (χ1v) is 7.07. The summed E-state index contributed by atoms with van der Waals surface area (Å²) in [7, 11) is 1.76. The molecule has 0 heterocycles. The average Bonchev–Trinajstić information content (AvgIpc) is 2.36. The number of nitrogen functional groups attached to an aromatic ring is 1. The standard InChI is InChI=1S/C16H28N2O/c1-16(2,9-11-19-3)13-18-10-5-7-14-6-4-8-15(17)12-14/h4,6,8,12,18H,5,7,9-11,13,17H2,1-3H3. The van der Waals surface area contributed by atoms with E-state index in [4.69, 9.17) is 10.5 Å². The summed E-state index contributed by atoms with van der Waals surface area (Å²) in [6, 6.07) is 8.15. The van der Waals surface area contributed by atoms with Crippen molar-refractivity contribution in [3.8, 4) is 0 Å². The van der Waals surface area contributed by atoms with E-state index in [1.807, 2.05) is 12.1 Å². The van der Waals surface area contributed by atoms with Gasteiger partial charge < -0.3 is 15.8 Å². The minimum absolute atomic E-state index is 0.299. The van der Waals surface area contributed by atoms with Crippen molar-refractivity contribution < 1.29 is 4.74 Å². The second-order valence-corrected chi connectivity index (χ2v) is 5.93. The molecular weight excluding hydrogens is 236 g/mol. The van der Waals surface area contributed by atoms with Gasteiger partial charge in [0.1, 0.15) is 0 Å². The van der Waals surface area contributed by atoms with Crippen LogP contribution in [0, 0.1) is 5.41 Å². The summed E-state index contributed by atoms with van der Waals surface area (Å²) < 4.78 is 5.13. The monoisotopic (exact) mass is 264 g/mol. The fourth-order valence-electron chi connectivity index (χ4n) is 2.06. The summed E-state index contributed by atoms with van der Waals surface area (Å²) in [5.41, 5.74) is 8.24. The Kier molecular flexibility index (Phi) is 6.89. The first kappa shape index (κ1) is 16.0. The van der Waals surface area contributed by atoms with E-state index < -0.39 is 0 Å². The molecule has 0 radical (unpaired) electrons. The molecule has 3 nitrogen and oxygen atoms in total. The van der Waals surface area contributed by atoms with Crippen LogP contribution in [-0.2, 0) is 11.2 Å². The molecule has 108 valence electrons. The molecule has 0 saturated heterocycles. The van der Waals surface area contributed by atoms with Crippen LogP contribution in [-0.4, -0.2) is 26.8 Å². The maximum atomic E-state index is 5.77. The Hall–Kier alpha value is -1.06. The number of rotatable bonds is 9. The number of benzene rings is 1. The van der Waals surface area contributed by atoms with Gasteiger partial charge in [0, 0.05) is 25.9 Å². The highest BCUT2D eigenvalue weighted by atomic mass is 16.5. The van der Waals surface area contributed by atoms with Crippen LogP contribution in [0.15, 0.2) is 24.3 Å². The molecule has 0 aliphatic carbocycles. The summed E-state index contributed by atoms with van der Waals surface area (Å²) in [6.45, 7) is 7.46. The molecule has 0 bridgehead atoms. The molecule has 3 heteroatoms. The van der Waals surface area contributed by atoms with Crippen LogP contribution in [0.3, 0.4) is 0 Å². The lowest BCUT2D eigenvalue weighted by molar-refractivity contribution is 0.151. The van der Waals surface area contributed by atoms with Crippen molar-refractivity contribution in [2.75, 3.05) is 32.5 Å². The Balaban J connectivity index is 2.14. The molecule has 1 aromatic rings. The molecule has 0 atom stereocenters. The van der Waals surface area contributed by atoms with Crippen LogP contribution < -0.4 is 11.1 Å². The third-order valence-electron chi connectivity index (χ3n) is 3.36. The molecule has 1 rings (SSSR count). The second-order valence-electron chi connectivity index (χ2n) is 5.93. The Morgan fingerprint density at radius 2 is 2.11 bits per heavy atom. The summed E-state index contributed by atoms with van der Waals surface area (Å²) >= 11 is 0. The molecule has 0 saturated carbocycles. The summed E-state index contributed by atoms with van der Waals surface area (Å²) in [4.78, 5) is 0. The van der Waals surface area contributed by atoms with Crippen LogP contribution in [0.5, 0.6) is 0 Å². The summed E-state index contributed by atoms with van der Waals surface area (Å²) in [6.07, 6.45) is 3.31. The third-order valence-corrected chi connectivity index (χ3v) is 3.36. The quantitative estimate of drug-likeness (QED) is 0.532. The van der Waals surface area contributed by atoms with Gasteiger partial charge in [-0.25, -0.2) is 0 Å². The molecule has 0 amide bonds. The highest BCUT2D eigenvalue weighted by molar-refractivity contribution is 5.40. The van der Waals surface area contributed by atoms with E-state index in [9.17, 15) is 0 Å². The highest BCUT2D eigenvalue weighted by Gasteiger charge is 2.16. The maximum Gasteiger partial charge on any atom is 0.0467 e. The lowest BCUT2D eigenvalue weighted by Gasteiger charge is -2.24. The van der Waals surface area contributed by atoms with Gasteiger partial charge in [-0.15, -0.1) is 0 Å². The third kappa shape index (κ3) is 7.19. The zero-order valence-electron chi connectivity index (χ0n) is 12.5. The molecule has 0 aromatic heterocycles. The Labute approximate surface area is 117 Å². The van der Waals surface area contributed by atoms with Crippen molar-refractivity contribution in [1.82, 2.24) is 5.32 Å². The predicted molar refractivity (Wildman–Crippen MR) is 82.3 cm³/mol. The number of anilines is 1. The molecular formula is C16H28N2O. The number of hydrogen-bond donors (Lipinski definition) is 2. The Bertz CT molecular complexity index is 364. The minimum atomic E-state index is 0.299. The molecule has 0 fully saturated rings. The van der Waals surface area contributed by atoms with Gasteiger partial charge in [0.05, 0.1) is 0 Å². The van der Waals surface area contributed by atoms with Gasteiger partial charge in [-0.3, -0.25) is 0 Å². The van der Waals surface area contributed by atoms with Crippen LogP contribution in [0.4, 0.5) is 5.69 Å². The number of methoxy groups -OCH3 is 1. The van der Waals surface area contributed by atoms with Crippen molar-refractivity contribution in [1.29, 1.82) is 0 Å². The van der Waals surface area contributed by atoms with Crippen LogP contribution in [0.25, 0.3) is 0 Å². The van der Waals surface area contributed by atoms with Gasteiger partial charge in [0.2, 0.25) is 0 Å².